The molecule has 0 amide bonds. The third-order valence-corrected chi connectivity index (χ3v) is 6.00. The van der Waals surface area contributed by atoms with Crippen molar-refractivity contribution in [2.24, 2.45) is 4.99 Å². The molecule has 1 aromatic carbocycles. The van der Waals surface area contributed by atoms with Crippen LogP contribution in [-0.2, 0) is 6.18 Å². The highest BCUT2D eigenvalue weighted by Gasteiger charge is 2.38. The molecular formula is C25H27F3N6O. The van der Waals surface area contributed by atoms with Crippen molar-refractivity contribution in [3.8, 4) is 17.0 Å². The van der Waals surface area contributed by atoms with E-state index in [0.29, 0.717) is 30.5 Å². The summed E-state index contributed by atoms with van der Waals surface area (Å²) in [6.07, 6.45) is -0.538. The number of H-pyrrole nitrogens is 1. The average molecular weight is 485 g/mol. The van der Waals surface area contributed by atoms with E-state index in [1.54, 1.807) is 6.20 Å². The Balaban J connectivity index is 1.56. The zero-order valence-electron chi connectivity index (χ0n) is 19.8. The van der Waals surface area contributed by atoms with Crippen molar-refractivity contribution in [2.45, 2.75) is 38.3 Å². The maximum absolute atomic E-state index is 13.3. The molecule has 0 aliphatic carbocycles. The van der Waals surface area contributed by atoms with Gasteiger partial charge in [0.05, 0.1) is 12.3 Å². The number of aliphatic imine (C=N–C) groups is 1. The third-order valence-electron chi connectivity index (χ3n) is 6.00. The number of fused-ring (bicyclic) bond motifs is 1. The molecule has 7 nitrogen and oxygen atoms in total. The molecule has 1 aliphatic rings. The molecule has 2 aromatic heterocycles. The number of hydrogen-bond donors (Lipinski definition) is 1. The van der Waals surface area contributed by atoms with E-state index in [-0.39, 0.29) is 17.2 Å². The highest BCUT2D eigenvalue weighted by molar-refractivity contribution is 5.70. The van der Waals surface area contributed by atoms with Gasteiger partial charge in [-0.15, -0.1) is 0 Å². The molecule has 1 aliphatic heterocycles. The van der Waals surface area contributed by atoms with Crippen LogP contribution in [0.25, 0.3) is 17.0 Å². The van der Waals surface area contributed by atoms with Crippen LogP contribution in [0.3, 0.4) is 0 Å². The summed E-state index contributed by atoms with van der Waals surface area (Å²) < 4.78 is 45.7. The highest BCUT2D eigenvalue weighted by Crippen LogP contribution is 2.37. The largest absolute Gasteiger partial charge is 0.493 e. The number of hydrogen-bond acceptors (Lipinski definition) is 6. The van der Waals surface area contributed by atoms with Gasteiger partial charge in [-0.2, -0.15) is 28.6 Å². The van der Waals surface area contributed by atoms with Crippen LogP contribution in [0.5, 0.6) is 5.75 Å². The van der Waals surface area contributed by atoms with Crippen molar-refractivity contribution < 1.29 is 17.9 Å². The molecule has 0 saturated carbocycles. The average Bonchev–Trinajstić information content (AvgIpc) is 3.33. The predicted molar refractivity (Wildman–Crippen MR) is 128 cm³/mol. The molecule has 0 radical (unpaired) electrons. The number of aromatic nitrogens is 4. The number of ether oxygens (including phenoxy) is 1. The molecule has 3 heterocycles. The molecule has 3 aromatic rings. The summed E-state index contributed by atoms with van der Waals surface area (Å²) >= 11 is 0. The number of benzene rings is 1. The maximum Gasteiger partial charge on any atom is 0.437 e. The van der Waals surface area contributed by atoms with E-state index in [4.69, 9.17) is 4.74 Å². The van der Waals surface area contributed by atoms with E-state index in [0.717, 1.165) is 12.2 Å². The van der Waals surface area contributed by atoms with Gasteiger partial charge in [-0.05, 0) is 48.4 Å². The molecule has 1 atom stereocenters. The molecule has 0 unspecified atom stereocenters. The van der Waals surface area contributed by atoms with Gasteiger partial charge >= 0.3 is 6.18 Å². The Bertz CT molecular complexity index is 1230. The molecule has 184 valence electrons. The summed E-state index contributed by atoms with van der Waals surface area (Å²) in [6.45, 7) is 9.29. The number of rotatable bonds is 7. The minimum Gasteiger partial charge on any atom is -0.493 e. The molecule has 10 heteroatoms. The Hall–Kier alpha value is -3.69. The van der Waals surface area contributed by atoms with Crippen LogP contribution < -0.4 is 4.74 Å². The number of nitrogens with one attached hydrogen (secondary N) is 1. The van der Waals surface area contributed by atoms with Crippen LogP contribution in [0, 0.1) is 0 Å². The lowest BCUT2D eigenvalue weighted by Gasteiger charge is -2.30. The first kappa shape index (κ1) is 24.4. The summed E-state index contributed by atoms with van der Waals surface area (Å²) in [5.74, 6) is 1.61. The second kappa shape index (κ2) is 9.89. The van der Waals surface area contributed by atoms with Crippen molar-refractivity contribution in [3.63, 3.8) is 0 Å². The van der Waals surface area contributed by atoms with Crippen LogP contribution in [0.1, 0.15) is 54.6 Å². The number of pyridine rings is 1. The van der Waals surface area contributed by atoms with Gasteiger partial charge in [-0.25, -0.2) is 0 Å². The topological polar surface area (TPSA) is 79.3 Å². The van der Waals surface area contributed by atoms with E-state index in [1.807, 2.05) is 11.9 Å². The Morgan fingerprint density at radius 3 is 2.80 bits per heavy atom. The first-order valence-corrected chi connectivity index (χ1v) is 11.3. The second-order valence-corrected chi connectivity index (χ2v) is 8.85. The Morgan fingerprint density at radius 1 is 1.29 bits per heavy atom. The number of halogens is 3. The fourth-order valence-electron chi connectivity index (χ4n) is 4.17. The van der Waals surface area contributed by atoms with Crippen molar-refractivity contribution in [3.05, 3.63) is 65.2 Å². The summed E-state index contributed by atoms with van der Waals surface area (Å²) in [5, 5.41) is 8.99. The van der Waals surface area contributed by atoms with Gasteiger partial charge in [0.15, 0.2) is 5.69 Å². The van der Waals surface area contributed by atoms with Crippen LogP contribution in [0.15, 0.2) is 47.7 Å². The lowest BCUT2D eigenvalue weighted by atomic mass is 9.90. The molecular weight excluding hydrogens is 457 g/mol. The van der Waals surface area contributed by atoms with E-state index >= 15 is 0 Å². The van der Waals surface area contributed by atoms with Crippen LogP contribution in [0.2, 0.25) is 0 Å². The fraction of sp³-hybridized carbons (Fsp3) is 0.360. The van der Waals surface area contributed by atoms with E-state index < -0.39 is 11.9 Å². The normalized spacial score (nSPS) is 16.1. The lowest BCUT2D eigenvalue weighted by Crippen LogP contribution is -2.25. The standard InChI is InChI=1S/C25H27F3N6O/c1-15(2)16-5-6-19-18(8-10-35-22(19)12-16)13-34(4)14-21(29-3)20-11-17(7-9-30-20)23-24(25(26,27)28)32-33-31-23/h5-7,9,11-12,14-15,18H,3,8,10,13H2,1-2,4H3,(H,31,32,33)/b21-14-/t18-/m1/s1. The Morgan fingerprint density at radius 2 is 2.09 bits per heavy atom. The van der Waals surface area contributed by atoms with Gasteiger partial charge in [0.25, 0.3) is 0 Å². The molecule has 1 N–H and O–H groups in total. The lowest BCUT2D eigenvalue weighted by molar-refractivity contribution is -0.140. The van der Waals surface area contributed by atoms with Crippen molar-refractivity contribution in [1.29, 1.82) is 0 Å². The first-order chi connectivity index (χ1) is 16.7. The summed E-state index contributed by atoms with van der Waals surface area (Å²) in [6, 6.07) is 9.35. The van der Waals surface area contributed by atoms with Gasteiger partial charge in [0, 0.05) is 37.5 Å². The smallest absolute Gasteiger partial charge is 0.437 e. The third kappa shape index (κ3) is 5.36. The van der Waals surface area contributed by atoms with Crippen LogP contribution in [0.4, 0.5) is 13.2 Å². The van der Waals surface area contributed by atoms with E-state index in [2.05, 4.69) is 64.2 Å². The zero-order valence-corrected chi connectivity index (χ0v) is 19.8. The van der Waals surface area contributed by atoms with Gasteiger partial charge in [0.2, 0.25) is 0 Å². The molecule has 4 rings (SSSR count). The quantitative estimate of drug-likeness (QED) is 0.448. The van der Waals surface area contributed by atoms with Gasteiger partial charge < -0.3 is 9.64 Å². The van der Waals surface area contributed by atoms with Crippen LogP contribution in [-0.4, -0.2) is 52.2 Å². The number of likely N-dealkylation sites (N-methyl/N-ethyl adjacent to an activating group) is 1. The minimum atomic E-state index is -4.63. The van der Waals surface area contributed by atoms with Crippen molar-refractivity contribution in [2.75, 3.05) is 20.2 Å². The van der Waals surface area contributed by atoms with Gasteiger partial charge in [0.1, 0.15) is 17.1 Å². The van der Waals surface area contributed by atoms with E-state index in [1.165, 1.54) is 29.5 Å². The molecule has 0 spiro atoms. The van der Waals surface area contributed by atoms with Crippen LogP contribution >= 0.6 is 0 Å². The van der Waals surface area contributed by atoms with Gasteiger partial charge in [-0.3, -0.25) is 9.98 Å². The molecule has 0 saturated heterocycles. The fourth-order valence-corrected chi connectivity index (χ4v) is 4.17. The van der Waals surface area contributed by atoms with Crippen molar-refractivity contribution >= 4 is 12.4 Å². The monoisotopic (exact) mass is 484 g/mol. The number of aromatic amines is 1. The van der Waals surface area contributed by atoms with Crippen molar-refractivity contribution in [1.82, 2.24) is 25.3 Å². The summed E-state index contributed by atoms with van der Waals surface area (Å²) in [7, 11) is 1.92. The highest BCUT2D eigenvalue weighted by atomic mass is 19.4. The molecule has 0 fully saturated rings. The Kier molecular flexibility index (Phi) is 6.90. The number of alkyl halides is 3. The predicted octanol–water partition coefficient (Wildman–Crippen LogP) is 5.51. The number of nitrogens with zero attached hydrogens (tertiary/aromatic N) is 5. The second-order valence-electron chi connectivity index (χ2n) is 8.85. The first-order valence-electron chi connectivity index (χ1n) is 11.3. The van der Waals surface area contributed by atoms with Gasteiger partial charge in [-0.1, -0.05) is 26.0 Å². The maximum atomic E-state index is 13.3. The summed E-state index contributed by atoms with van der Waals surface area (Å²) in [4.78, 5) is 10.4. The summed E-state index contributed by atoms with van der Waals surface area (Å²) in [5.41, 5.74) is 2.08. The SMILES string of the molecule is C=N/C(=C\N(C)C[C@H]1CCOc2cc(C(C)C)ccc21)c1cc(-c2n[nH]nc2C(F)(F)F)ccn1. The molecule has 35 heavy (non-hydrogen) atoms. The Labute approximate surface area is 201 Å². The zero-order chi connectivity index (χ0) is 25.2. The minimum absolute atomic E-state index is 0.229. The molecule has 0 bridgehead atoms. The van der Waals surface area contributed by atoms with E-state index in [9.17, 15) is 13.2 Å².